The summed E-state index contributed by atoms with van der Waals surface area (Å²) in [5, 5.41) is 3.96. The molecule has 1 rings (SSSR count). The molecule has 1 aromatic rings. The first-order valence-corrected chi connectivity index (χ1v) is 6.37. The van der Waals surface area contributed by atoms with Crippen molar-refractivity contribution in [2.45, 2.75) is 58.6 Å². The van der Waals surface area contributed by atoms with E-state index in [1.54, 1.807) is 0 Å². The van der Waals surface area contributed by atoms with Gasteiger partial charge < -0.3 is 15.0 Å². The average Bonchev–Trinajstić information content (AvgIpc) is 2.74. The fourth-order valence-corrected chi connectivity index (χ4v) is 1.65. The highest BCUT2D eigenvalue weighted by atomic mass is 16.5. The van der Waals surface area contributed by atoms with Crippen molar-refractivity contribution < 1.29 is 9.26 Å². The van der Waals surface area contributed by atoms with E-state index in [1.165, 1.54) is 0 Å². The molecule has 5 nitrogen and oxygen atoms in total. The van der Waals surface area contributed by atoms with Gasteiger partial charge in [0.1, 0.15) is 6.10 Å². The molecule has 1 heterocycles. The quantitative estimate of drug-likeness (QED) is 0.755. The van der Waals surface area contributed by atoms with Gasteiger partial charge >= 0.3 is 0 Å². The first-order chi connectivity index (χ1) is 8.17. The molecule has 0 aromatic carbocycles. The number of hydrogen-bond donors (Lipinski definition) is 1. The molecule has 2 N–H and O–H groups in total. The van der Waals surface area contributed by atoms with E-state index < -0.39 is 0 Å². The minimum Gasteiger partial charge on any atom is -0.370 e. The van der Waals surface area contributed by atoms with Crippen molar-refractivity contribution in [3.8, 4) is 0 Å². The SMILES string of the molecule is CCOC(CC)c1noc(CCCC(C)N)n1. The number of aryl methyl sites for hydroxylation is 1. The summed E-state index contributed by atoms with van der Waals surface area (Å²) in [6.07, 6.45) is 3.54. The fraction of sp³-hybridized carbons (Fsp3) is 0.833. The van der Waals surface area contributed by atoms with Crippen LogP contribution in [0.5, 0.6) is 0 Å². The topological polar surface area (TPSA) is 74.2 Å². The van der Waals surface area contributed by atoms with E-state index in [0.717, 1.165) is 25.7 Å². The molecule has 2 atom stereocenters. The van der Waals surface area contributed by atoms with Crippen molar-refractivity contribution in [3.05, 3.63) is 11.7 Å². The maximum Gasteiger partial charge on any atom is 0.226 e. The second kappa shape index (κ2) is 7.40. The Morgan fingerprint density at radius 3 is 2.76 bits per heavy atom. The summed E-state index contributed by atoms with van der Waals surface area (Å²) in [5.41, 5.74) is 5.68. The van der Waals surface area contributed by atoms with Crippen LogP contribution in [0.1, 0.15) is 57.9 Å². The molecule has 0 saturated carbocycles. The molecule has 0 aliphatic rings. The van der Waals surface area contributed by atoms with Crippen LogP contribution in [0, 0.1) is 0 Å². The summed E-state index contributed by atoms with van der Waals surface area (Å²) in [6.45, 7) is 6.67. The number of hydrogen-bond acceptors (Lipinski definition) is 5. The average molecular weight is 241 g/mol. The number of ether oxygens (including phenoxy) is 1. The van der Waals surface area contributed by atoms with Crippen molar-refractivity contribution in [2.75, 3.05) is 6.61 Å². The maximum absolute atomic E-state index is 5.68. The first kappa shape index (κ1) is 14.1. The Kier molecular flexibility index (Phi) is 6.15. The van der Waals surface area contributed by atoms with Gasteiger partial charge in [-0.15, -0.1) is 0 Å². The molecule has 0 spiro atoms. The van der Waals surface area contributed by atoms with Gasteiger partial charge in [-0.1, -0.05) is 12.1 Å². The summed E-state index contributed by atoms with van der Waals surface area (Å²) in [6, 6.07) is 0.226. The summed E-state index contributed by atoms with van der Waals surface area (Å²) in [7, 11) is 0. The van der Waals surface area contributed by atoms with Crippen LogP contribution in [0.3, 0.4) is 0 Å². The molecule has 5 heteroatoms. The summed E-state index contributed by atoms with van der Waals surface area (Å²) >= 11 is 0. The zero-order valence-corrected chi connectivity index (χ0v) is 11.0. The van der Waals surface area contributed by atoms with E-state index in [4.69, 9.17) is 15.0 Å². The Morgan fingerprint density at radius 2 is 2.18 bits per heavy atom. The smallest absolute Gasteiger partial charge is 0.226 e. The normalized spacial score (nSPS) is 14.8. The van der Waals surface area contributed by atoms with Crippen molar-refractivity contribution in [2.24, 2.45) is 5.73 Å². The van der Waals surface area contributed by atoms with E-state index in [1.807, 2.05) is 20.8 Å². The van der Waals surface area contributed by atoms with Crippen LogP contribution in [-0.2, 0) is 11.2 Å². The van der Waals surface area contributed by atoms with Crippen LogP contribution in [0.2, 0.25) is 0 Å². The molecular formula is C12H23N3O2. The maximum atomic E-state index is 5.68. The molecule has 0 saturated heterocycles. The zero-order chi connectivity index (χ0) is 12.7. The minimum atomic E-state index is -0.0501. The zero-order valence-electron chi connectivity index (χ0n) is 11.0. The number of rotatable bonds is 8. The van der Waals surface area contributed by atoms with Gasteiger partial charge in [0.15, 0.2) is 0 Å². The van der Waals surface area contributed by atoms with Gasteiger partial charge in [-0.25, -0.2) is 0 Å². The molecule has 17 heavy (non-hydrogen) atoms. The van der Waals surface area contributed by atoms with Crippen LogP contribution >= 0.6 is 0 Å². The molecule has 0 radical (unpaired) electrons. The van der Waals surface area contributed by atoms with Crippen molar-refractivity contribution >= 4 is 0 Å². The van der Waals surface area contributed by atoms with Gasteiger partial charge in [0, 0.05) is 19.1 Å². The summed E-state index contributed by atoms with van der Waals surface area (Å²) in [4.78, 5) is 4.35. The van der Waals surface area contributed by atoms with Crippen LogP contribution < -0.4 is 5.73 Å². The summed E-state index contributed by atoms with van der Waals surface area (Å²) in [5.74, 6) is 1.34. The van der Waals surface area contributed by atoms with Crippen molar-refractivity contribution in [1.82, 2.24) is 10.1 Å². The Balaban J connectivity index is 2.46. The fourth-order valence-electron chi connectivity index (χ4n) is 1.65. The van der Waals surface area contributed by atoms with Gasteiger partial charge in [0.25, 0.3) is 0 Å². The number of aromatic nitrogens is 2. The van der Waals surface area contributed by atoms with E-state index >= 15 is 0 Å². The van der Waals surface area contributed by atoms with Gasteiger partial charge in [-0.3, -0.25) is 0 Å². The molecular weight excluding hydrogens is 218 g/mol. The molecule has 0 aliphatic carbocycles. The van der Waals surface area contributed by atoms with Gasteiger partial charge in [0.05, 0.1) is 0 Å². The second-order valence-corrected chi connectivity index (χ2v) is 4.27. The standard InChI is InChI=1S/C12H23N3O2/c1-4-10(16-5-2)12-14-11(17-15-12)8-6-7-9(3)13/h9-10H,4-8,13H2,1-3H3. The third-order valence-electron chi connectivity index (χ3n) is 2.56. The highest BCUT2D eigenvalue weighted by molar-refractivity contribution is 4.91. The minimum absolute atomic E-state index is 0.0501. The Morgan fingerprint density at radius 1 is 1.41 bits per heavy atom. The predicted octanol–water partition coefficient (Wildman–Crippen LogP) is 2.23. The molecule has 2 unspecified atom stereocenters. The monoisotopic (exact) mass is 241 g/mol. The first-order valence-electron chi connectivity index (χ1n) is 6.37. The highest BCUT2D eigenvalue weighted by Gasteiger charge is 2.16. The van der Waals surface area contributed by atoms with Crippen LogP contribution in [-0.4, -0.2) is 22.8 Å². The molecule has 1 aromatic heterocycles. The molecule has 98 valence electrons. The second-order valence-electron chi connectivity index (χ2n) is 4.27. The van der Waals surface area contributed by atoms with E-state index in [-0.39, 0.29) is 12.1 Å². The Labute approximate surface area is 103 Å². The highest BCUT2D eigenvalue weighted by Crippen LogP contribution is 2.18. The number of nitrogens with two attached hydrogens (primary N) is 1. The third-order valence-corrected chi connectivity index (χ3v) is 2.56. The van der Waals surface area contributed by atoms with Crippen molar-refractivity contribution in [3.63, 3.8) is 0 Å². The van der Waals surface area contributed by atoms with Crippen LogP contribution in [0.4, 0.5) is 0 Å². The van der Waals surface area contributed by atoms with Crippen molar-refractivity contribution in [1.29, 1.82) is 0 Å². The van der Waals surface area contributed by atoms with Gasteiger partial charge in [0.2, 0.25) is 11.7 Å². The van der Waals surface area contributed by atoms with E-state index in [0.29, 0.717) is 18.3 Å². The lowest BCUT2D eigenvalue weighted by atomic mass is 10.1. The summed E-state index contributed by atoms with van der Waals surface area (Å²) < 4.78 is 10.7. The molecule has 0 amide bonds. The molecule has 0 bridgehead atoms. The number of nitrogens with zero attached hydrogens (tertiary/aromatic N) is 2. The lowest BCUT2D eigenvalue weighted by Gasteiger charge is -2.09. The lowest BCUT2D eigenvalue weighted by Crippen LogP contribution is -2.14. The van der Waals surface area contributed by atoms with Gasteiger partial charge in [-0.05, 0) is 33.1 Å². The molecule has 0 aliphatic heterocycles. The van der Waals surface area contributed by atoms with Crippen LogP contribution in [0.15, 0.2) is 4.52 Å². The van der Waals surface area contributed by atoms with Gasteiger partial charge in [-0.2, -0.15) is 4.98 Å². The Bertz CT molecular complexity index is 312. The largest absolute Gasteiger partial charge is 0.370 e. The van der Waals surface area contributed by atoms with Crippen LogP contribution in [0.25, 0.3) is 0 Å². The molecule has 0 fully saturated rings. The van der Waals surface area contributed by atoms with E-state index in [2.05, 4.69) is 10.1 Å². The Hall–Kier alpha value is -0.940. The van der Waals surface area contributed by atoms with E-state index in [9.17, 15) is 0 Å². The predicted molar refractivity (Wildman–Crippen MR) is 65.5 cm³/mol. The lowest BCUT2D eigenvalue weighted by molar-refractivity contribution is 0.0518. The third kappa shape index (κ3) is 4.83.